The maximum atomic E-state index is 8.08. The van der Waals surface area contributed by atoms with Gasteiger partial charge >= 0.3 is 0 Å². The molecule has 1 aliphatic heterocycles. The van der Waals surface area contributed by atoms with E-state index < -0.39 is 0 Å². The number of halogens is 2. The first-order valence-corrected chi connectivity index (χ1v) is 9.31. The predicted molar refractivity (Wildman–Crippen MR) is 109 cm³/mol. The fraction of sp³-hybridized carbons (Fsp3) is 0.0500. The topological polar surface area (TPSA) is 63.0 Å². The molecular formula is C20H14Br2N2O. The summed E-state index contributed by atoms with van der Waals surface area (Å²) in [5, 5.41) is 9.44. The zero-order chi connectivity index (χ0) is 17.7. The molecule has 0 unspecified atom stereocenters. The molecule has 124 valence electrons. The van der Waals surface area contributed by atoms with Crippen molar-refractivity contribution in [2.75, 3.05) is 5.73 Å². The maximum absolute atomic E-state index is 8.08. The highest BCUT2D eigenvalue weighted by Crippen LogP contribution is 2.45. The van der Waals surface area contributed by atoms with E-state index in [9.17, 15) is 0 Å². The number of nitrogens with one attached hydrogen (secondary N) is 1. The predicted octanol–water partition coefficient (Wildman–Crippen LogP) is 6.10. The van der Waals surface area contributed by atoms with Crippen LogP contribution in [0.2, 0.25) is 0 Å². The molecule has 0 radical (unpaired) electrons. The van der Waals surface area contributed by atoms with E-state index in [1.165, 1.54) is 5.56 Å². The van der Waals surface area contributed by atoms with E-state index in [4.69, 9.17) is 15.6 Å². The molecule has 0 fully saturated rings. The molecule has 0 spiro atoms. The number of rotatable bonds is 1. The molecule has 0 aromatic heterocycles. The first-order chi connectivity index (χ1) is 12.0. The fourth-order valence-corrected chi connectivity index (χ4v) is 3.96. The Labute approximate surface area is 161 Å². The summed E-state index contributed by atoms with van der Waals surface area (Å²) in [6, 6.07) is 15.9. The van der Waals surface area contributed by atoms with Gasteiger partial charge in [0.2, 0.25) is 0 Å². The molecule has 0 amide bonds. The molecule has 5 heteroatoms. The summed E-state index contributed by atoms with van der Waals surface area (Å²) in [7, 11) is 0. The molecule has 3 nitrogen and oxygen atoms in total. The standard InChI is InChI=1S/C20H14Br2N2O/c1-10-4-2-3-5-11(10)16-12-6-8-14(23)17(21)19(12)25-20-13(16)7-9-15(24)18(20)22/h2-9,23H,24H2,1H3. The lowest BCUT2D eigenvalue weighted by Gasteiger charge is -2.18. The average Bonchev–Trinajstić information content (AvgIpc) is 2.61. The van der Waals surface area contributed by atoms with Crippen molar-refractivity contribution < 1.29 is 4.42 Å². The summed E-state index contributed by atoms with van der Waals surface area (Å²) >= 11 is 7.06. The van der Waals surface area contributed by atoms with E-state index in [0.717, 1.165) is 26.5 Å². The zero-order valence-corrected chi connectivity index (χ0v) is 16.5. The van der Waals surface area contributed by atoms with Gasteiger partial charge in [-0.1, -0.05) is 24.3 Å². The van der Waals surface area contributed by atoms with E-state index in [0.29, 0.717) is 26.9 Å². The van der Waals surface area contributed by atoms with Crippen LogP contribution in [0.5, 0.6) is 0 Å². The molecule has 25 heavy (non-hydrogen) atoms. The summed E-state index contributed by atoms with van der Waals surface area (Å²) in [6.07, 6.45) is 0. The Morgan fingerprint density at radius 1 is 0.920 bits per heavy atom. The number of hydrogen-bond acceptors (Lipinski definition) is 3. The van der Waals surface area contributed by atoms with E-state index >= 15 is 0 Å². The second-order valence-corrected chi connectivity index (χ2v) is 7.53. The molecule has 0 atom stereocenters. The molecule has 4 rings (SSSR count). The second kappa shape index (κ2) is 6.00. The lowest BCUT2D eigenvalue weighted by atomic mass is 9.91. The van der Waals surface area contributed by atoms with Crippen molar-refractivity contribution in [1.29, 1.82) is 5.41 Å². The SMILES string of the molecule is Cc1ccccc1-c1c2ccc(=N)c(Br)c-2oc2c(Br)c(N)ccc12. The molecule has 1 aliphatic carbocycles. The summed E-state index contributed by atoms with van der Waals surface area (Å²) in [4.78, 5) is 0. The minimum atomic E-state index is 0.381. The van der Waals surface area contributed by atoms with E-state index in [1.54, 1.807) is 6.07 Å². The van der Waals surface area contributed by atoms with Crippen LogP contribution in [0.3, 0.4) is 0 Å². The second-order valence-electron chi connectivity index (χ2n) is 5.94. The minimum absolute atomic E-state index is 0.381. The smallest absolute Gasteiger partial charge is 0.151 e. The lowest BCUT2D eigenvalue weighted by molar-refractivity contribution is 0.614. The zero-order valence-electron chi connectivity index (χ0n) is 13.4. The summed E-state index contributed by atoms with van der Waals surface area (Å²) in [5.41, 5.74) is 11.7. The van der Waals surface area contributed by atoms with Gasteiger partial charge in [0, 0.05) is 22.2 Å². The normalized spacial score (nSPS) is 11.3. The molecule has 0 saturated heterocycles. The van der Waals surface area contributed by atoms with Gasteiger partial charge in [-0.25, -0.2) is 0 Å². The Bertz CT molecular complexity index is 1160. The van der Waals surface area contributed by atoms with Gasteiger partial charge in [-0.15, -0.1) is 0 Å². The van der Waals surface area contributed by atoms with Crippen LogP contribution in [-0.2, 0) is 0 Å². The van der Waals surface area contributed by atoms with Crippen LogP contribution >= 0.6 is 31.9 Å². The number of nitrogen functional groups attached to an aromatic ring is 1. The van der Waals surface area contributed by atoms with Crippen LogP contribution < -0.4 is 11.1 Å². The van der Waals surface area contributed by atoms with Gasteiger partial charge in [0.1, 0.15) is 0 Å². The Morgan fingerprint density at radius 2 is 1.68 bits per heavy atom. The number of nitrogens with two attached hydrogens (primary N) is 1. The molecule has 2 aromatic rings. The largest absolute Gasteiger partial charge is 0.454 e. The van der Waals surface area contributed by atoms with Gasteiger partial charge < -0.3 is 10.2 Å². The van der Waals surface area contributed by atoms with Gasteiger partial charge in [-0.2, -0.15) is 0 Å². The van der Waals surface area contributed by atoms with Crippen LogP contribution in [0, 0.1) is 12.3 Å². The van der Waals surface area contributed by atoms with Crippen molar-refractivity contribution in [1.82, 2.24) is 0 Å². The minimum Gasteiger partial charge on any atom is -0.454 e. The summed E-state index contributed by atoms with van der Waals surface area (Å²) < 4.78 is 7.54. The highest BCUT2D eigenvalue weighted by Gasteiger charge is 2.22. The fourth-order valence-electron chi connectivity index (χ4n) is 3.11. The summed E-state index contributed by atoms with van der Waals surface area (Å²) in [5.74, 6) is 0.643. The van der Waals surface area contributed by atoms with Crippen LogP contribution in [-0.4, -0.2) is 0 Å². The van der Waals surface area contributed by atoms with Gasteiger partial charge in [-0.05, 0) is 74.2 Å². The molecule has 2 aromatic carbocycles. The number of benzene rings is 3. The van der Waals surface area contributed by atoms with Crippen LogP contribution in [0.25, 0.3) is 33.4 Å². The Morgan fingerprint density at radius 3 is 2.44 bits per heavy atom. The molecule has 0 saturated carbocycles. The van der Waals surface area contributed by atoms with Crippen molar-refractivity contribution in [2.45, 2.75) is 6.92 Å². The molecule has 1 heterocycles. The number of fused-ring (bicyclic) bond motifs is 2. The number of aryl methyl sites for hydroxylation is 1. The number of hydrogen-bond donors (Lipinski definition) is 2. The van der Waals surface area contributed by atoms with Gasteiger partial charge in [0.05, 0.1) is 14.3 Å². The molecule has 0 bridgehead atoms. The van der Waals surface area contributed by atoms with Gasteiger partial charge in [0.25, 0.3) is 0 Å². The third kappa shape index (κ3) is 2.50. The van der Waals surface area contributed by atoms with E-state index in [1.807, 2.05) is 30.3 Å². The molecule has 3 N–H and O–H groups in total. The first-order valence-electron chi connectivity index (χ1n) is 7.72. The third-order valence-corrected chi connectivity index (χ3v) is 5.99. The maximum Gasteiger partial charge on any atom is 0.151 e. The van der Waals surface area contributed by atoms with Crippen LogP contribution in [0.1, 0.15) is 5.56 Å². The van der Waals surface area contributed by atoms with Crippen molar-refractivity contribution in [2.24, 2.45) is 0 Å². The van der Waals surface area contributed by atoms with Crippen molar-refractivity contribution in [3.63, 3.8) is 0 Å². The van der Waals surface area contributed by atoms with Gasteiger partial charge in [-0.3, -0.25) is 5.41 Å². The Kier molecular flexibility index (Phi) is 3.93. The van der Waals surface area contributed by atoms with Crippen LogP contribution in [0.4, 0.5) is 5.69 Å². The van der Waals surface area contributed by atoms with Crippen molar-refractivity contribution >= 4 is 48.5 Å². The van der Waals surface area contributed by atoms with Crippen molar-refractivity contribution in [3.05, 3.63) is 68.4 Å². The molecular weight excluding hydrogens is 444 g/mol. The van der Waals surface area contributed by atoms with Gasteiger partial charge in [0.15, 0.2) is 11.3 Å². The highest BCUT2D eigenvalue weighted by molar-refractivity contribution is 9.11. The molecule has 2 aliphatic rings. The Balaban J connectivity index is 2.30. The lowest BCUT2D eigenvalue weighted by Crippen LogP contribution is -2.04. The quantitative estimate of drug-likeness (QED) is 0.268. The monoisotopic (exact) mass is 456 g/mol. The number of anilines is 1. The Hall–Kier alpha value is -2.11. The van der Waals surface area contributed by atoms with Crippen molar-refractivity contribution in [3.8, 4) is 22.5 Å². The third-order valence-electron chi connectivity index (χ3n) is 4.38. The van der Waals surface area contributed by atoms with E-state index in [-0.39, 0.29) is 0 Å². The van der Waals surface area contributed by atoms with Crippen LogP contribution in [0.15, 0.2) is 61.9 Å². The summed E-state index contributed by atoms with van der Waals surface area (Å²) in [6.45, 7) is 2.09. The average molecular weight is 458 g/mol. The highest BCUT2D eigenvalue weighted by atomic mass is 79.9. The van der Waals surface area contributed by atoms with E-state index in [2.05, 4.69) is 50.9 Å². The first kappa shape index (κ1) is 16.4.